The number of benzene rings is 1. The molecule has 0 radical (unpaired) electrons. The number of hydrogen-bond acceptors (Lipinski definition) is 2. The Morgan fingerprint density at radius 1 is 1.35 bits per heavy atom. The number of hydrogen-bond donors (Lipinski definition) is 1. The molecule has 3 nitrogen and oxygen atoms in total. The second kappa shape index (κ2) is 7.13. The molecule has 0 aliphatic heterocycles. The third-order valence-electron chi connectivity index (χ3n) is 4.03. The van der Waals surface area contributed by atoms with E-state index in [0.29, 0.717) is 12.6 Å². The summed E-state index contributed by atoms with van der Waals surface area (Å²) >= 11 is 0. The molecule has 1 aromatic rings. The van der Waals surface area contributed by atoms with Gasteiger partial charge in [0.2, 0.25) is 5.91 Å². The van der Waals surface area contributed by atoms with E-state index in [4.69, 9.17) is 0 Å². The summed E-state index contributed by atoms with van der Waals surface area (Å²) in [5.74, 6) is 0.304. The molecule has 0 heterocycles. The maximum Gasteiger partial charge on any atom is 0.246 e. The molecule has 0 bridgehead atoms. The highest BCUT2D eigenvalue weighted by Crippen LogP contribution is 2.23. The molecule has 1 aromatic carbocycles. The number of nitrogens with zero attached hydrogens (tertiary/aromatic N) is 1. The van der Waals surface area contributed by atoms with Crippen LogP contribution in [0.15, 0.2) is 36.9 Å². The van der Waals surface area contributed by atoms with Crippen molar-refractivity contribution in [2.75, 3.05) is 6.54 Å². The highest BCUT2D eigenvalue weighted by atomic mass is 16.3. The van der Waals surface area contributed by atoms with Gasteiger partial charge in [-0.2, -0.15) is 0 Å². The van der Waals surface area contributed by atoms with Crippen LogP contribution in [0.5, 0.6) is 5.75 Å². The first-order chi connectivity index (χ1) is 9.70. The zero-order valence-corrected chi connectivity index (χ0v) is 11.9. The van der Waals surface area contributed by atoms with E-state index < -0.39 is 0 Å². The molecule has 1 aliphatic rings. The van der Waals surface area contributed by atoms with Crippen LogP contribution in [-0.2, 0) is 11.2 Å². The lowest BCUT2D eigenvalue weighted by molar-refractivity contribution is -0.128. The Morgan fingerprint density at radius 3 is 2.75 bits per heavy atom. The van der Waals surface area contributed by atoms with Crippen LogP contribution >= 0.6 is 0 Å². The predicted octanol–water partition coefficient (Wildman–Crippen LogP) is 3.28. The maximum absolute atomic E-state index is 12.1. The SMILES string of the molecule is C=CC(=O)N(CCc1cccc(O)c1)C1CCCCC1. The molecule has 0 aromatic heterocycles. The molecule has 108 valence electrons. The number of carbonyl (C=O) groups is 1. The van der Waals surface area contributed by atoms with Crippen LogP contribution in [0, 0.1) is 0 Å². The minimum Gasteiger partial charge on any atom is -0.508 e. The summed E-state index contributed by atoms with van der Waals surface area (Å²) in [6, 6.07) is 7.60. The number of carbonyl (C=O) groups excluding carboxylic acids is 1. The molecule has 0 saturated heterocycles. The fourth-order valence-corrected chi connectivity index (χ4v) is 2.94. The summed E-state index contributed by atoms with van der Waals surface area (Å²) in [5, 5.41) is 9.49. The normalized spacial score (nSPS) is 15.8. The molecule has 1 amide bonds. The first-order valence-corrected chi connectivity index (χ1v) is 7.41. The largest absolute Gasteiger partial charge is 0.508 e. The Hall–Kier alpha value is -1.77. The zero-order valence-electron chi connectivity index (χ0n) is 11.9. The van der Waals surface area contributed by atoms with E-state index in [1.54, 1.807) is 12.1 Å². The van der Waals surface area contributed by atoms with Gasteiger partial charge in [-0.25, -0.2) is 0 Å². The fraction of sp³-hybridized carbons (Fsp3) is 0.471. The van der Waals surface area contributed by atoms with Crippen LogP contribution in [0.1, 0.15) is 37.7 Å². The van der Waals surface area contributed by atoms with E-state index in [1.807, 2.05) is 17.0 Å². The van der Waals surface area contributed by atoms with Gasteiger partial charge in [0.15, 0.2) is 0 Å². The number of phenols is 1. The Kier molecular flexibility index (Phi) is 5.22. The van der Waals surface area contributed by atoms with Crippen molar-refractivity contribution < 1.29 is 9.90 Å². The quantitative estimate of drug-likeness (QED) is 0.836. The molecule has 0 spiro atoms. The van der Waals surface area contributed by atoms with Gasteiger partial charge in [-0.3, -0.25) is 4.79 Å². The monoisotopic (exact) mass is 273 g/mol. The van der Waals surface area contributed by atoms with Gasteiger partial charge in [0.25, 0.3) is 0 Å². The summed E-state index contributed by atoms with van der Waals surface area (Å²) in [5.41, 5.74) is 1.06. The summed E-state index contributed by atoms with van der Waals surface area (Å²) in [6.45, 7) is 4.31. The number of rotatable bonds is 5. The lowest BCUT2D eigenvalue weighted by Gasteiger charge is -2.33. The molecule has 0 atom stereocenters. The van der Waals surface area contributed by atoms with Gasteiger partial charge in [-0.05, 0) is 43.0 Å². The summed E-state index contributed by atoms with van der Waals surface area (Å²) in [6.07, 6.45) is 8.06. The fourth-order valence-electron chi connectivity index (χ4n) is 2.94. The van der Waals surface area contributed by atoms with Crippen molar-refractivity contribution in [2.24, 2.45) is 0 Å². The van der Waals surface area contributed by atoms with Gasteiger partial charge >= 0.3 is 0 Å². The van der Waals surface area contributed by atoms with E-state index in [2.05, 4.69) is 6.58 Å². The number of phenolic OH excluding ortho intramolecular Hbond substituents is 1. The molecular weight excluding hydrogens is 250 g/mol. The van der Waals surface area contributed by atoms with Crippen LogP contribution in [0.25, 0.3) is 0 Å². The summed E-state index contributed by atoms with van der Waals surface area (Å²) in [7, 11) is 0. The van der Waals surface area contributed by atoms with Crippen molar-refractivity contribution in [3.8, 4) is 5.75 Å². The molecule has 1 N–H and O–H groups in total. The number of aromatic hydroxyl groups is 1. The lowest BCUT2D eigenvalue weighted by atomic mass is 9.93. The zero-order chi connectivity index (χ0) is 14.4. The van der Waals surface area contributed by atoms with Crippen LogP contribution in [0.4, 0.5) is 0 Å². The van der Waals surface area contributed by atoms with Crippen molar-refractivity contribution in [2.45, 2.75) is 44.6 Å². The highest BCUT2D eigenvalue weighted by molar-refractivity contribution is 5.87. The summed E-state index contributed by atoms with van der Waals surface area (Å²) in [4.78, 5) is 14.0. The average Bonchev–Trinajstić information content (AvgIpc) is 2.48. The lowest BCUT2D eigenvalue weighted by Crippen LogP contribution is -2.41. The summed E-state index contributed by atoms with van der Waals surface area (Å²) < 4.78 is 0. The van der Waals surface area contributed by atoms with Crippen molar-refractivity contribution in [1.82, 2.24) is 4.90 Å². The van der Waals surface area contributed by atoms with Gasteiger partial charge in [0.1, 0.15) is 5.75 Å². The Morgan fingerprint density at radius 2 is 2.10 bits per heavy atom. The minimum absolute atomic E-state index is 0.0250. The Labute approximate surface area is 120 Å². The molecule has 1 fully saturated rings. The van der Waals surface area contributed by atoms with Crippen molar-refractivity contribution in [1.29, 1.82) is 0 Å². The molecule has 2 rings (SSSR count). The molecule has 1 saturated carbocycles. The van der Waals surface area contributed by atoms with Crippen LogP contribution in [0.3, 0.4) is 0 Å². The molecule has 0 unspecified atom stereocenters. The van der Waals surface area contributed by atoms with Crippen molar-refractivity contribution >= 4 is 5.91 Å². The van der Waals surface area contributed by atoms with E-state index in [9.17, 15) is 9.90 Å². The number of amides is 1. The highest BCUT2D eigenvalue weighted by Gasteiger charge is 2.23. The second-order valence-electron chi connectivity index (χ2n) is 5.45. The van der Waals surface area contributed by atoms with Crippen molar-refractivity contribution in [3.05, 3.63) is 42.5 Å². The van der Waals surface area contributed by atoms with Crippen molar-refractivity contribution in [3.63, 3.8) is 0 Å². The molecule has 20 heavy (non-hydrogen) atoms. The van der Waals surface area contributed by atoms with Gasteiger partial charge in [-0.1, -0.05) is 38.0 Å². The minimum atomic E-state index is 0.0250. The average molecular weight is 273 g/mol. The standard InChI is InChI=1S/C17H23NO2/c1-2-17(20)18(15-8-4-3-5-9-15)12-11-14-7-6-10-16(19)13-14/h2,6-7,10,13,15,19H,1,3-5,8-9,11-12H2. The topological polar surface area (TPSA) is 40.5 Å². The molecule has 3 heteroatoms. The first kappa shape index (κ1) is 14.6. The van der Waals surface area contributed by atoms with Crippen LogP contribution in [0.2, 0.25) is 0 Å². The molecule has 1 aliphatic carbocycles. The second-order valence-corrected chi connectivity index (χ2v) is 5.45. The smallest absolute Gasteiger partial charge is 0.246 e. The third kappa shape index (κ3) is 3.86. The van der Waals surface area contributed by atoms with Gasteiger partial charge in [0.05, 0.1) is 0 Å². The van der Waals surface area contributed by atoms with E-state index >= 15 is 0 Å². The van der Waals surface area contributed by atoms with Gasteiger partial charge in [-0.15, -0.1) is 0 Å². The predicted molar refractivity (Wildman–Crippen MR) is 80.6 cm³/mol. The Bertz CT molecular complexity index is 464. The third-order valence-corrected chi connectivity index (χ3v) is 4.03. The maximum atomic E-state index is 12.1. The Balaban J connectivity index is 2.00. The van der Waals surface area contributed by atoms with Gasteiger partial charge < -0.3 is 10.0 Å². The first-order valence-electron chi connectivity index (χ1n) is 7.41. The van der Waals surface area contributed by atoms with E-state index in [0.717, 1.165) is 24.8 Å². The molecular formula is C17H23NO2. The van der Waals surface area contributed by atoms with Crippen LogP contribution in [-0.4, -0.2) is 28.5 Å². The van der Waals surface area contributed by atoms with Gasteiger partial charge in [0, 0.05) is 12.6 Å². The van der Waals surface area contributed by atoms with E-state index in [1.165, 1.54) is 25.3 Å². The van der Waals surface area contributed by atoms with Crippen LogP contribution < -0.4 is 0 Å². The van der Waals surface area contributed by atoms with E-state index in [-0.39, 0.29) is 11.7 Å².